The molecule has 2 aliphatic rings. The molecule has 0 aromatic heterocycles. The van der Waals surface area contributed by atoms with Gasteiger partial charge in [-0.2, -0.15) is 4.31 Å². The second-order valence-electron chi connectivity index (χ2n) is 6.82. The van der Waals surface area contributed by atoms with Crippen LogP contribution in [-0.2, 0) is 14.8 Å². The van der Waals surface area contributed by atoms with E-state index in [1.54, 1.807) is 23.5 Å². The molecule has 1 N–H and O–H groups in total. The monoisotopic (exact) mass is 336 g/mol. The molecule has 2 atom stereocenters. The maximum absolute atomic E-state index is 12.9. The Bertz CT molecular complexity index is 699. The SMILES string of the molecule is CNC(=O)C1CCCC12CCN(S(=O)(=O)c1ccc(C)cc1)C2. The Morgan fingerprint density at radius 1 is 1.26 bits per heavy atom. The molecule has 1 aliphatic heterocycles. The zero-order chi connectivity index (χ0) is 16.7. The largest absolute Gasteiger partial charge is 0.359 e. The molecule has 1 aliphatic carbocycles. The first kappa shape index (κ1) is 16.5. The van der Waals surface area contributed by atoms with Gasteiger partial charge in [0.05, 0.1) is 4.90 Å². The highest BCUT2D eigenvalue weighted by Crippen LogP contribution is 2.50. The van der Waals surface area contributed by atoms with Gasteiger partial charge in [-0.3, -0.25) is 4.79 Å². The van der Waals surface area contributed by atoms with Gasteiger partial charge < -0.3 is 5.32 Å². The second-order valence-corrected chi connectivity index (χ2v) is 8.76. The van der Waals surface area contributed by atoms with E-state index in [-0.39, 0.29) is 17.2 Å². The summed E-state index contributed by atoms with van der Waals surface area (Å²) in [6.45, 7) is 2.90. The van der Waals surface area contributed by atoms with Crippen LogP contribution in [0.15, 0.2) is 29.2 Å². The standard InChI is InChI=1S/C17H24N2O3S/c1-13-5-7-14(8-6-13)23(21,22)19-11-10-17(12-19)9-3-4-15(17)16(20)18-2/h5-8,15H,3-4,9-12H2,1-2H3,(H,18,20). The number of benzene rings is 1. The minimum Gasteiger partial charge on any atom is -0.359 e. The van der Waals surface area contributed by atoms with Crippen molar-refractivity contribution in [3.05, 3.63) is 29.8 Å². The Morgan fingerprint density at radius 3 is 2.61 bits per heavy atom. The molecule has 2 unspecified atom stereocenters. The van der Waals surface area contributed by atoms with Crippen molar-refractivity contribution in [3.8, 4) is 0 Å². The third-order valence-electron chi connectivity index (χ3n) is 5.48. The lowest BCUT2D eigenvalue weighted by atomic mass is 9.76. The molecule has 1 saturated carbocycles. The van der Waals surface area contributed by atoms with Crippen LogP contribution in [0.25, 0.3) is 0 Å². The summed E-state index contributed by atoms with van der Waals surface area (Å²) in [6.07, 6.45) is 3.57. The number of amides is 1. The molecule has 23 heavy (non-hydrogen) atoms. The van der Waals surface area contributed by atoms with Crippen molar-refractivity contribution in [2.75, 3.05) is 20.1 Å². The van der Waals surface area contributed by atoms with Crippen molar-refractivity contribution in [2.45, 2.75) is 37.5 Å². The van der Waals surface area contributed by atoms with Crippen molar-refractivity contribution in [1.29, 1.82) is 0 Å². The van der Waals surface area contributed by atoms with E-state index in [4.69, 9.17) is 0 Å². The Balaban J connectivity index is 1.84. The van der Waals surface area contributed by atoms with Crippen molar-refractivity contribution in [2.24, 2.45) is 11.3 Å². The van der Waals surface area contributed by atoms with Crippen molar-refractivity contribution < 1.29 is 13.2 Å². The zero-order valence-corrected chi connectivity index (χ0v) is 14.5. The number of carbonyl (C=O) groups excluding carboxylic acids is 1. The van der Waals surface area contributed by atoms with E-state index in [9.17, 15) is 13.2 Å². The maximum Gasteiger partial charge on any atom is 0.243 e. The zero-order valence-electron chi connectivity index (χ0n) is 13.7. The Labute approximate surface area is 138 Å². The molecule has 1 amide bonds. The topological polar surface area (TPSA) is 66.5 Å². The first-order chi connectivity index (χ1) is 10.9. The minimum absolute atomic E-state index is 0.0529. The summed E-state index contributed by atoms with van der Waals surface area (Å²) in [5.41, 5.74) is 0.857. The summed E-state index contributed by atoms with van der Waals surface area (Å²) in [5.74, 6) is -0.0113. The van der Waals surface area contributed by atoms with Crippen molar-refractivity contribution >= 4 is 15.9 Å². The molecule has 126 valence electrons. The maximum atomic E-state index is 12.9. The van der Waals surface area contributed by atoms with Crippen LogP contribution in [0.5, 0.6) is 0 Å². The summed E-state index contributed by atoms with van der Waals surface area (Å²) in [7, 11) is -1.82. The molecule has 2 fully saturated rings. The summed E-state index contributed by atoms with van der Waals surface area (Å²) < 4.78 is 27.3. The normalized spacial score (nSPS) is 28.3. The summed E-state index contributed by atoms with van der Waals surface area (Å²) in [6, 6.07) is 6.98. The van der Waals surface area contributed by atoms with Crippen LogP contribution in [0.4, 0.5) is 0 Å². The highest BCUT2D eigenvalue weighted by atomic mass is 32.2. The van der Waals surface area contributed by atoms with E-state index in [1.165, 1.54) is 0 Å². The van der Waals surface area contributed by atoms with E-state index in [0.29, 0.717) is 18.0 Å². The highest BCUT2D eigenvalue weighted by molar-refractivity contribution is 7.89. The lowest BCUT2D eigenvalue weighted by Gasteiger charge is -2.30. The molecule has 0 radical (unpaired) electrons. The lowest BCUT2D eigenvalue weighted by Crippen LogP contribution is -2.40. The number of nitrogens with zero attached hydrogens (tertiary/aromatic N) is 1. The average Bonchev–Trinajstić information content (AvgIpc) is 3.15. The van der Waals surface area contributed by atoms with Gasteiger partial charge in [0, 0.05) is 26.1 Å². The molecule has 1 aromatic rings. The average molecular weight is 336 g/mol. The fraction of sp³-hybridized carbons (Fsp3) is 0.588. The molecule has 5 nitrogen and oxygen atoms in total. The quantitative estimate of drug-likeness (QED) is 0.917. The third-order valence-corrected chi connectivity index (χ3v) is 7.34. The van der Waals surface area contributed by atoms with E-state index < -0.39 is 10.0 Å². The van der Waals surface area contributed by atoms with Gasteiger partial charge in [0.2, 0.25) is 15.9 Å². The number of aryl methyl sites for hydroxylation is 1. The predicted octanol–water partition coefficient (Wildman–Crippen LogP) is 1.92. The molecule has 1 spiro atoms. The molecule has 1 heterocycles. The highest BCUT2D eigenvalue weighted by Gasteiger charge is 2.52. The first-order valence-corrected chi connectivity index (χ1v) is 9.61. The Morgan fingerprint density at radius 2 is 1.96 bits per heavy atom. The molecule has 1 saturated heterocycles. The van der Waals surface area contributed by atoms with Crippen LogP contribution in [0.1, 0.15) is 31.2 Å². The smallest absolute Gasteiger partial charge is 0.243 e. The number of hydrogen-bond donors (Lipinski definition) is 1. The first-order valence-electron chi connectivity index (χ1n) is 8.17. The number of carbonyl (C=O) groups is 1. The second kappa shape index (κ2) is 5.91. The fourth-order valence-corrected chi connectivity index (χ4v) is 5.67. The molecule has 0 bridgehead atoms. The van der Waals surface area contributed by atoms with Gasteiger partial charge in [0.25, 0.3) is 0 Å². The van der Waals surface area contributed by atoms with Gasteiger partial charge in [-0.1, -0.05) is 24.1 Å². The third kappa shape index (κ3) is 2.78. The number of sulfonamides is 1. The predicted molar refractivity (Wildman–Crippen MR) is 88.4 cm³/mol. The van der Waals surface area contributed by atoms with E-state index in [1.807, 2.05) is 19.1 Å². The Hall–Kier alpha value is -1.40. The van der Waals surface area contributed by atoms with Crippen molar-refractivity contribution in [1.82, 2.24) is 9.62 Å². The Kier molecular flexibility index (Phi) is 4.23. The van der Waals surface area contributed by atoms with E-state index >= 15 is 0 Å². The summed E-state index contributed by atoms with van der Waals surface area (Å²) in [4.78, 5) is 12.5. The van der Waals surface area contributed by atoms with Crippen LogP contribution in [0.3, 0.4) is 0 Å². The minimum atomic E-state index is -3.47. The van der Waals surface area contributed by atoms with Gasteiger partial charge >= 0.3 is 0 Å². The molecular weight excluding hydrogens is 312 g/mol. The van der Waals surface area contributed by atoms with Gasteiger partial charge in [-0.05, 0) is 43.7 Å². The summed E-state index contributed by atoms with van der Waals surface area (Å²) in [5, 5.41) is 2.74. The van der Waals surface area contributed by atoms with Crippen LogP contribution in [0, 0.1) is 18.3 Å². The van der Waals surface area contributed by atoms with Gasteiger partial charge in [0.1, 0.15) is 0 Å². The molecule has 1 aromatic carbocycles. The van der Waals surface area contributed by atoms with Gasteiger partial charge in [0.15, 0.2) is 0 Å². The molecular formula is C17H24N2O3S. The van der Waals surface area contributed by atoms with Crippen LogP contribution in [-0.4, -0.2) is 38.8 Å². The molecule has 6 heteroatoms. The van der Waals surface area contributed by atoms with Crippen LogP contribution >= 0.6 is 0 Å². The van der Waals surface area contributed by atoms with Crippen LogP contribution in [0.2, 0.25) is 0 Å². The fourth-order valence-electron chi connectivity index (χ4n) is 4.13. The number of rotatable bonds is 3. The van der Waals surface area contributed by atoms with Gasteiger partial charge in [-0.25, -0.2) is 8.42 Å². The molecule has 3 rings (SSSR count). The van der Waals surface area contributed by atoms with E-state index in [2.05, 4.69) is 5.32 Å². The van der Waals surface area contributed by atoms with Crippen molar-refractivity contribution in [3.63, 3.8) is 0 Å². The van der Waals surface area contributed by atoms with Crippen LogP contribution < -0.4 is 5.32 Å². The number of hydrogen-bond acceptors (Lipinski definition) is 3. The lowest BCUT2D eigenvalue weighted by molar-refractivity contribution is -0.127. The van der Waals surface area contributed by atoms with Gasteiger partial charge in [-0.15, -0.1) is 0 Å². The summed E-state index contributed by atoms with van der Waals surface area (Å²) >= 11 is 0. The van der Waals surface area contributed by atoms with E-state index in [0.717, 1.165) is 31.2 Å². The number of nitrogens with one attached hydrogen (secondary N) is 1.